The fourth-order valence-electron chi connectivity index (χ4n) is 5.31. The third-order valence-electron chi connectivity index (χ3n) is 7.21. The van der Waals surface area contributed by atoms with E-state index < -0.39 is 41.7 Å². The van der Waals surface area contributed by atoms with Crippen LogP contribution in [0, 0.1) is 0 Å². The second kappa shape index (κ2) is 10.9. The second-order valence-electron chi connectivity index (χ2n) is 9.73. The fourth-order valence-corrected chi connectivity index (χ4v) is 5.69. The summed E-state index contributed by atoms with van der Waals surface area (Å²) in [5, 5.41) is 0. The number of hydrogen-bond donors (Lipinski definition) is 0. The van der Waals surface area contributed by atoms with Crippen molar-refractivity contribution in [2.45, 2.75) is 83.0 Å². The smallest absolute Gasteiger partial charge is 0.416 e. The Morgan fingerprint density at radius 2 is 1.63 bits per heavy atom. The van der Waals surface area contributed by atoms with Crippen molar-refractivity contribution in [3.05, 3.63) is 57.2 Å². The first-order chi connectivity index (χ1) is 17.8. The van der Waals surface area contributed by atoms with E-state index in [0.717, 1.165) is 25.7 Å². The highest BCUT2D eigenvalue weighted by atomic mass is 79.9. The molecular weight excluding hydrogens is 580 g/mol. The summed E-state index contributed by atoms with van der Waals surface area (Å²) in [7, 11) is 0. The van der Waals surface area contributed by atoms with Gasteiger partial charge in [0.1, 0.15) is 11.9 Å². The summed E-state index contributed by atoms with van der Waals surface area (Å²) in [6.07, 6.45) is -5.02. The van der Waals surface area contributed by atoms with Crippen LogP contribution in [0.25, 0.3) is 0 Å². The van der Waals surface area contributed by atoms with Gasteiger partial charge in [-0.15, -0.1) is 0 Å². The lowest BCUT2D eigenvalue weighted by molar-refractivity contribution is -0.143. The number of benzene rings is 1. The maximum absolute atomic E-state index is 13.4. The molecule has 38 heavy (non-hydrogen) atoms. The third kappa shape index (κ3) is 6.05. The molecule has 2 atom stereocenters. The van der Waals surface area contributed by atoms with Crippen molar-refractivity contribution < 1.29 is 35.9 Å². The van der Waals surface area contributed by atoms with E-state index in [1.807, 2.05) is 13.0 Å². The van der Waals surface area contributed by atoms with Crippen molar-refractivity contribution in [2.75, 3.05) is 11.4 Å². The molecule has 2 fully saturated rings. The average molecular weight is 608 g/mol. The van der Waals surface area contributed by atoms with Crippen molar-refractivity contribution in [1.82, 2.24) is 9.88 Å². The number of carbonyl (C=O) groups is 1. The van der Waals surface area contributed by atoms with Crippen LogP contribution in [0.5, 0.6) is 0 Å². The van der Waals surface area contributed by atoms with Crippen LogP contribution in [0.3, 0.4) is 0 Å². The first kappa shape index (κ1) is 28.5. The lowest BCUT2D eigenvalue weighted by Gasteiger charge is -2.36. The zero-order chi connectivity index (χ0) is 27.8. The monoisotopic (exact) mass is 607 g/mol. The molecule has 1 saturated carbocycles. The van der Waals surface area contributed by atoms with Crippen LogP contribution in [-0.4, -0.2) is 34.6 Å². The number of alkyl halides is 6. The first-order valence-electron chi connectivity index (χ1n) is 12.5. The Hall–Kier alpha value is -2.50. The SMILES string of the molecule is CCN(c1ncc(Br)cc1CN1C(=O)OC(c2cc(C(F)(F)F)cc(C(F)(F)F)c2)[C@@H]1C)C1CCCCC1. The Kier molecular flexibility index (Phi) is 8.20. The third-order valence-corrected chi connectivity index (χ3v) is 7.64. The van der Waals surface area contributed by atoms with E-state index in [1.54, 1.807) is 13.1 Å². The molecule has 0 spiro atoms. The van der Waals surface area contributed by atoms with E-state index >= 15 is 0 Å². The van der Waals surface area contributed by atoms with Gasteiger partial charge in [0, 0.05) is 28.8 Å². The predicted octanol–water partition coefficient (Wildman–Crippen LogP) is 8.12. The van der Waals surface area contributed by atoms with E-state index in [-0.39, 0.29) is 18.2 Å². The van der Waals surface area contributed by atoms with Crippen LogP contribution in [-0.2, 0) is 23.6 Å². The molecule has 0 bridgehead atoms. The molecule has 208 valence electrons. The van der Waals surface area contributed by atoms with Crippen molar-refractivity contribution in [3.8, 4) is 0 Å². The number of amides is 1. The van der Waals surface area contributed by atoms with Crippen LogP contribution >= 0.6 is 15.9 Å². The fraction of sp³-hybridized carbons (Fsp3) is 0.538. The van der Waals surface area contributed by atoms with Crippen LogP contribution in [0.1, 0.15) is 74.3 Å². The van der Waals surface area contributed by atoms with E-state index in [1.165, 1.54) is 11.3 Å². The van der Waals surface area contributed by atoms with Gasteiger partial charge in [-0.3, -0.25) is 4.90 Å². The molecule has 1 amide bonds. The van der Waals surface area contributed by atoms with Crippen molar-refractivity contribution in [3.63, 3.8) is 0 Å². The standard InChI is InChI=1S/C26H28BrF6N3O2/c1-3-35(21-7-5-4-6-8-21)23-17(11-20(27)13-34-23)14-36-15(2)22(38-24(36)37)16-9-18(25(28,29)30)12-19(10-16)26(31,32)33/h9-13,15,21-22H,3-8,14H2,1-2H3/t15-,22?/m0/s1. The molecule has 0 radical (unpaired) electrons. The first-order valence-corrected chi connectivity index (χ1v) is 13.3. The maximum atomic E-state index is 13.4. The minimum atomic E-state index is -5.00. The molecule has 5 nitrogen and oxygen atoms in total. The Labute approximate surface area is 225 Å². The maximum Gasteiger partial charge on any atom is 0.416 e. The Morgan fingerprint density at radius 3 is 2.18 bits per heavy atom. The van der Waals surface area contributed by atoms with Crippen LogP contribution in [0.4, 0.5) is 37.0 Å². The van der Waals surface area contributed by atoms with Gasteiger partial charge in [0.25, 0.3) is 0 Å². The highest BCUT2D eigenvalue weighted by Gasteiger charge is 2.43. The van der Waals surface area contributed by atoms with Gasteiger partial charge < -0.3 is 9.64 Å². The molecule has 12 heteroatoms. The number of pyridine rings is 1. The van der Waals surface area contributed by atoms with Gasteiger partial charge in [0.15, 0.2) is 0 Å². The minimum Gasteiger partial charge on any atom is -0.439 e. The minimum absolute atomic E-state index is 0.0343. The quantitative estimate of drug-likeness (QED) is 0.311. The largest absolute Gasteiger partial charge is 0.439 e. The Balaban J connectivity index is 1.65. The molecule has 2 heterocycles. The lowest BCUT2D eigenvalue weighted by atomic mass is 9.94. The number of rotatable bonds is 6. The van der Waals surface area contributed by atoms with Gasteiger partial charge in [-0.2, -0.15) is 26.3 Å². The van der Waals surface area contributed by atoms with Crippen LogP contribution in [0.2, 0.25) is 0 Å². The molecule has 1 saturated heterocycles. The highest BCUT2D eigenvalue weighted by Crippen LogP contribution is 2.41. The number of anilines is 1. The summed E-state index contributed by atoms with van der Waals surface area (Å²) < 4.78 is 86.5. The number of ether oxygens (including phenoxy) is 1. The van der Waals surface area contributed by atoms with Gasteiger partial charge in [-0.25, -0.2) is 9.78 Å². The van der Waals surface area contributed by atoms with Crippen LogP contribution in [0.15, 0.2) is 34.9 Å². The Morgan fingerprint density at radius 1 is 1.03 bits per heavy atom. The van der Waals surface area contributed by atoms with Crippen molar-refractivity contribution in [2.24, 2.45) is 0 Å². The number of aromatic nitrogens is 1. The zero-order valence-electron chi connectivity index (χ0n) is 20.9. The van der Waals surface area contributed by atoms with Gasteiger partial charge in [0.2, 0.25) is 0 Å². The molecule has 1 aliphatic carbocycles. The van der Waals surface area contributed by atoms with E-state index in [2.05, 4.69) is 25.8 Å². The molecule has 0 N–H and O–H groups in total. The van der Waals surface area contributed by atoms with Gasteiger partial charge in [0.05, 0.1) is 23.7 Å². The number of halogens is 7. The summed E-state index contributed by atoms with van der Waals surface area (Å²) in [5.74, 6) is 0.699. The Bertz CT molecular complexity index is 1130. The number of nitrogens with zero attached hydrogens (tertiary/aromatic N) is 3. The number of carbonyl (C=O) groups excluding carboxylic acids is 1. The van der Waals surface area contributed by atoms with Crippen molar-refractivity contribution >= 4 is 27.8 Å². The number of hydrogen-bond acceptors (Lipinski definition) is 4. The van der Waals surface area contributed by atoms with Crippen molar-refractivity contribution in [1.29, 1.82) is 0 Å². The zero-order valence-corrected chi connectivity index (χ0v) is 22.5. The summed E-state index contributed by atoms with van der Waals surface area (Å²) in [6, 6.07) is 2.58. The summed E-state index contributed by atoms with van der Waals surface area (Å²) >= 11 is 3.42. The molecule has 1 unspecified atom stereocenters. The van der Waals surface area contributed by atoms with Gasteiger partial charge >= 0.3 is 18.4 Å². The molecule has 1 aromatic carbocycles. The summed E-state index contributed by atoms with van der Waals surface area (Å²) in [4.78, 5) is 21.0. The molecule has 1 aromatic heterocycles. The van der Waals surface area contributed by atoms with E-state index in [4.69, 9.17) is 4.74 Å². The number of cyclic esters (lactones) is 1. The normalized spacial score (nSPS) is 21.1. The molecule has 4 rings (SSSR count). The summed E-state index contributed by atoms with van der Waals surface area (Å²) in [6.45, 7) is 4.30. The topological polar surface area (TPSA) is 45.7 Å². The summed E-state index contributed by atoms with van der Waals surface area (Å²) in [5.41, 5.74) is -2.56. The molecular formula is C26H28BrF6N3O2. The second-order valence-corrected chi connectivity index (χ2v) is 10.6. The van der Waals surface area contributed by atoms with E-state index in [0.29, 0.717) is 40.6 Å². The van der Waals surface area contributed by atoms with Gasteiger partial charge in [-0.05, 0) is 72.4 Å². The highest BCUT2D eigenvalue weighted by molar-refractivity contribution is 9.10. The average Bonchev–Trinajstić information content (AvgIpc) is 3.13. The lowest BCUT2D eigenvalue weighted by Crippen LogP contribution is -2.39. The van der Waals surface area contributed by atoms with Gasteiger partial charge in [-0.1, -0.05) is 19.3 Å². The molecule has 1 aliphatic heterocycles. The van der Waals surface area contributed by atoms with Crippen LogP contribution < -0.4 is 4.90 Å². The van der Waals surface area contributed by atoms with E-state index in [9.17, 15) is 31.1 Å². The molecule has 2 aliphatic rings. The molecule has 2 aromatic rings. The predicted molar refractivity (Wildman–Crippen MR) is 133 cm³/mol.